The average molecular weight is 422 g/mol. The van der Waals surface area contributed by atoms with Crippen molar-refractivity contribution in [2.45, 2.75) is 19.3 Å². The van der Waals surface area contributed by atoms with Crippen LogP contribution in [-0.2, 0) is 4.79 Å². The molecule has 0 unspecified atom stereocenters. The Hall–Kier alpha value is -3.88. The van der Waals surface area contributed by atoms with Crippen LogP contribution in [0, 0.1) is 6.92 Å². The number of anilines is 2. The second-order valence-electron chi connectivity index (χ2n) is 7.21. The highest BCUT2D eigenvalue weighted by molar-refractivity contribution is 6.03. The number of aromatic nitrogens is 2. The standard InChI is InChI=1S/C22H22N4O5/c1-13-4-7-16(8-5-13)26-12-15(11-19(26)27)21-24-25-22(31-21)23-20(28)14-6-9-17(29-2)18(10-14)30-3/h4-10,15H,11-12H2,1-3H3,(H,23,25,28)/t15-/m0/s1. The topological polar surface area (TPSA) is 107 Å². The van der Waals surface area contributed by atoms with Crippen LogP contribution in [0.5, 0.6) is 11.5 Å². The maximum atomic E-state index is 12.5. The maximum absolute atomic E-state index is 12.5. The molecule has 1 saturated heterocycles. The Morgan fingerprint density at radius 1 is 1.10 bits per heavy atom. The van der Waals surface area contributed by atoms with E-state index in [-0.39, 0.29) is 24.3 Å². The molecule has 3 aromatic rings. The van der Waals surface area contributed by atoms with Crippen LogP contribution in [0.15, 0.2) is 46.9 Å². The van der Waals surface area contributed by atoms with Crippen molar-refractivity contribution in [1.82, 2.24) is 10.2 Å². The molecule has 1 fully saturated rings. The van der Waals surface area contributed by atoms with Crippen molar-refractivity contribution in [3.05, 3.63) is 59.5 Å². The first-order chi connectivity index (χ1) is 15.0. The average Bonchev–Trinajstić information content (AvgIpc) is 3.40. The molecule has 1 aliphatic heterocycles. The zero-order valence-electron chi connectivity index (χ0n) is 17.4. The van der Waals surface area contributed by atoms with Gasteiger partial charge in [0.2, 0.25) is 11.8 Å². The number of aryl methyl sites for hydroxylation is 1. The van der Waals surface area contributed by atoms with E-state index < -0.39 is 5.91 Å². The van der Waals surface area contributed by atoms with Crippen molar-refractivity contribution >= 4 is 23.5 Å². The molecular weight excluding hydrogens is 400 g/mol. The van der Waals surface area contributed by atoms with E-state index in [9.17, 15) is 9.59 Å². The Balaban J connectivity index is 1.44. The highest BCUT2D eigenvalue weighted by Gasteiger charge is 2.35. The fourth-order valence-corrected chi connectivity index (χ4v) is 3.44. The molecule has 0 bridgehead atoms. The van der Waals surface area contributed by atoms with E-state index in [1.807, 2.05) is 31.2 Å². The Morgan fingerprint density at radius 2 is 1.84 bits per heavy atom. The summed E-state index contributed by atoms with van der Waals surface area (Å²) in [6.45, 7) is 2.43. The second kappa shape index (κ2) is 8.47. The van der Waals surface area contributed by atoms with Crippen molar-refractivity contribution in [3.8, 4) is 11.5 Å². The summed E-state index contributed by atoms with van der Waals surface area (Å²) in [5, 5.41) is 10.5. The zero-order valence-corrected chi connectivity index (χ0v) is 17.4. The zero-order chi connectivity index (χ0) is 22.0. The van der Waals surface area contributed by atoms with E-state index in [1.54, 1.807) is 23.1 Å². The normalized spacial score (nSPS) is 15.8. The molecule has 31 heavy (non-hydrogen) atoms. The number of ether oxygens (including phenoxy) is 2. The Kier molecular flexibility index (Phi) is 5.57. The van der Waals surface area contributed by atoms with Crippen molar-refractivity contribution in [3.63, 3.8) is 0 Å². The van der Waals surface area contributed by atoms with Crippen molar-refractivity contribution in [2.24, 2.45) is 0 Å². The van der Waals surface area contributed by atoms with Gasteiger partial charge in [0.05, 0.1) is 20.1 Å². The van der Waals surface area contributed by atoms with Crippen molar-refractivity contribution in [1.29, 1.82) is 0 Å². The highest BCUT2D eigenvalue weighted by atomic mass is 16.5. The maximum Gasteiger partial charge on any atom is 0.322 e. The first-order valence-corrected chi connectivity index (χ1v) is 9.72. The predicted octanol–water partition coefficient (Wildman–Crippen LogP) is 3.17. The number of hydrogen-bond acceptors (Lipinski definition) is 7. The predicted molar refractivity (Wildman–Crippen MR) is 113 cm³/mol. The minimum absolute atomic E-state index is 0.0111. The van der Waals surface area contributed by atoms with E-state index in [4.69, 9.17) is 13.9 Å². The molecule has 0 aliphatic carbocycles. The molecule has 0 spiro atoms. The number of benzene rings is 2. The molecule has 1 aliphatic rings. The van der Waals surface area contributed by atoms with E-state index >= 15 is 0 Å². The number of amides is 2. The molecule has 2 heterocycles. The largest absolute Gasteiger partial charge is 0.493 e. The summed E-state index contributed by atoms with van der Waals surface area (Å²) in [6, 6.07) is 12.5. The van der Waals surface area contributed by atoms with Crippen LogP contribution in [-0.4, -0.2) is 42.8 Å². The summed E-state index contributed by atoms with van der Waals surface area (Å²) in [5.41, 5.74) is 2.30. The van der Waals surface area contributed by atoms with E-state index in [0.717, 1.165) is 11.3 Å². The quantitative estimate of drug-likeness (QED) is 0.650. The number of nitrogens with zero attached hydrogens (tertiary/aromatic N) is 3. The van der Waals surface area contributed by atoms with Gasteiger partial charge in [-0.25, -0.2) is 0 Å². The summed E-state index contributed by atoms with van der Waals surface area (Å²) in [6.07, 6.45) is 0.263. The number of carbonyl (C=O) groups is 2. The number of methoxy groups -OCH3 is 2. The van der Waals surface area contributed by atoms with Gasteiger partial charge in [-0.1, -0.05) is 22.8 Å². The molecule has 2 aromatic carbocycles. The van der Waals surface area contributed by atoms with Crippen LogP contribution in [0.1, 0.15) is 34.2 Å². The van der Waals surface area contributed by atoms with Gasteiger partial charge in [0.1, 0.15) is 0 Å². The van der Waals surface area contributed by atoms with Gasteiger partial charge in [-0.15, -0.1) is 5.10 Å². The van der Waals surface area contributed by atoms with E-state index in [1.165, 1.54) is 14.2 Å². The van der Waals surface area contributed by atoms with Crippen LogP contribution in [0.4, 0.5) is 11.7 Å². The van der Waals surface area contributed by atoms with Gasteiger partial charge in [0.15, 0.2) is 11.5 Å². The smallest absolute Gasteiger partial charge is 0.322 e. The second-order valence-corrected chi connectivity index (χ2v) is 7.21. The van der Waals surface area contributed by atoms with E-state index in [2.05, 4.69) is 15.5 Å². The molecule has 1 atom stereocenters. The fraction of sp³-hybridized carbons (Fsp3) is 0.273. The van der Waals surface area contributed by atoms with Gasteiger partial charge in [0, 0.05) is 24.2 Å². The number of nitrogens with one attached hydrogen (secondary N) is 1. The van der Waals surface area contributed by atoms with Crippen molar-refractivity contribution < 1.29 is 23.5 Å². The molecule has 160 valence electrons. The SMILES string of the molecule is COc1ccc(C(=O)Nc2nnc([C@H]3CC(=O)N(c4ccc(C)cc4)C3)o2)cc1OC. The lowest BCUT2D eigenvalue weighted by molar-refractivity contribution is -0.117. The molecule has 0 saturated carbocycles. The van der Waals surface area contributed by atoms with Crippen LogP contribution < -0.4 is 19.7 Å². The first kappa shape index (κ1) is 20.4. The van der Waals surface area contributed by atoms with E-state index in [0.29, 0.717) is 29.5 Å². The third-order valence-electron chi connectivity index (χ3n) is 5.13. The van der Waals surface area contributed by atoms with Crippen LogP contribution in [0.3, 0.4) is 0 Å². The summed E-state index contributed by atoms with van der Waals surface area (Å²) in [5.74, 6) is 0.576. The summed E-state index contributed by atoms with van der Waals surface area (Å²) >= 11 is 0. The molecule has 0 radical (unpaired) electrons. The number of hydrogen-bond donors (Lipinski definition) is 1. The van der Waals surface area contributed by atoms with Crippen LogP contribution >= 0.6 is 0 Å². The Bertz CT molecular complexity index is 1110. The fourth-order valence-electron chi connectivity index (χ4n) is 3.44. The van der Waals surface area contributed by atoms with Gasteiger partial charge >= 0.3 is 6.01 Å². The number of carbonyl (C=O) groups excluding carboxylic acids is 2. The summed E-state index contributed by atoms with van der Waals surface area (Å²) < 4.78 is 16.0. The highest BCUT2D eigenvalue weighted by Crippen LogP contribution is 2.32. The molecule has 1 N–H and O–H groups in total. The lowest BCUT2D eigenvalue weighted by Gasteiger charge is -2.16. The van der Waals surface area contributed by atoms with Gasteiger partial charge in [0.25, 0.3) is 5.91 Å². The molecule has 2 amide bonds. The monoisotopic (exact) mass is 422 g/mol. The first-order valence-electron chi connectivity index (χ1n) is 9.72. The lowest BCUT2D eigenvalue weighted by Crippen LogP contribution is -2.24. The third kappa shape index (κ3) is 4.20. The van der Waals surface area contributed by atoms with Crippen LogP contribution in [0.25, 0.3) is 0 Å². The Morgan fingerprint density at radius 3 is 2.55 bits per heavy atom. The van der Waals surface area contributed by atoms with Gasteiger partial charge in [-0.05, 0) is 37.3 Å². The molecule has 1 aromatic heterocycles. The molecule has 9 nitrogen and oxygen atoms in total. The third-order valence-corrected chi connectivity index (χ3v) is 5.13. The summed E-state index contributed by atoms with van der Waals surface area (Å²) in [4.78, 5) is 26.7. The van der Waals surface area contributed by atoms with Gasteiger partial charge < -0.3 is 18.8 Å². The molecule has 4 rings (SSSR count). The van der Waals surface area contributed by atoms with Gasteiger partial charge in [-0.3, -0.25) is 14.9 Å². The van der Waals surface area contributed by atoms with Gasteiger partial charge in [-0.2, -0.15) is 0 Å². The summed E-state index contributed by atoms with van der Waals surface area (Å²) in [7, 11) is 3.01. The molecular formula is C22H22N4O5. The molecule has 9 heteroatoms. The lowest BCUT2D eigenvalue weighted by atomic mass is 10.1. The van der Waals surface area contributed by atoms with Crippen molar-refractivity contribution in [2.75, 3.05) is 31.0 Å². The van der Waals surface area contributed by atoms with Crippen LogP contribution in [0.2, 0.25) is 0 Å². The minimum Gasteiger partial charge on any atom is -0.493 e. The minimum atomic E-state index is -0.431. The Labute approximate surface area is 179 Å². The number of rotatable bonds is 6.